The molecular formula is C37H32BN2Si. The van der Waals surface area contributed by atoms with Crippen LogP contribution in [0.2, 0.25) is 0 Å². The maximum absolute atomic E-state index is 4.89. The summed E-state index contributed by atoms with van der Waals surface area (Å²) in [6.07, 6.45) is 7.15. The first-order chi connectivity index (χ1) is 20.2. The number of nitrogens with zero attached hydrogens (tertiary/aromatic N) is 2. The van der Waals surface area contributed by atoms with Crippen LogP contribution in [0.5, 0.6) is 0 Å². The molecule has 0 aliphatic rings. The Kier molecular flexibility index (Phi) is 7.93. The highest BCUT2D eigenvalue weighted by molar-refractivity contribution is 7.10. The van der Waals surface area contributed by atoms with Crippen molar-refractivity contribution in [2.45, 2.75) is 13.1 Å². The van der Waals surface area contributed by atoms with E-state index in [1.165, 1.54) is 26.7 Å². The topological polar surface area (TPSA) is 17.8 Å². The Morgan fingerprint density at radius 3 is 1.85 bits per heavy atom. The van der Waals surface area contributed by atoms with E-state index >= 15 is 0 Å². The number of hydrogen-bond donors (Lipinski definition) is 0. The van der Waals surface area contributed by atoms with Gasteiger partial charge in [-0.2, -0.15) is 0 Å². The first-order valence-corrected chi connectivity index (χ1v) is 16.3. The predicted octanol–water partition coefficient (Wildman–Crippen LogP) is 5.43. The van der Waals surface area contributed by atoms with Gasteiger partial charge in [0.15, 0.2) is 8.07 Å². The van der Waals surface area contributed by atoms with Crippen molar-refractivity contribution >= 4 is 48.2 Å². The molecule has 0 spiro atoms. The normalized spacial score (nSPS) is 11.8. The molecule has 2 nitrogen and oxygen atoms in total. The molecule has 0 fully saturated rings. The number of benzene rings is 5. The van der Waals surface area contributed by atoms with Crippen molar-refractivity contribution < 1.29 is 0 Å². The molecular weight excluding hydrogens is 511 g/mol. The fourth-order valence-electron chi connectivity index (χ4n) is 5.69. The molecule has 1 heterocycles. The molecule has 1 aromatic heterocycles. The van der Waals surface area contributed by atoms with Gasteiger partial charge >= 0.3 is 0 Å². The Balaban J connectivity index is 1.49. The van der Waals surface area contributed by atoms with Crippen molar-refractivity contribution in [3.63, 3.8) is 0 Å². The molecule has 0 amide bonds. The van der Waals surface area contributed by atoms with Crippen LogP contribution >= 0.6 is 0 Å². The van der Waals surface area contributed by atoms with E-state index in [9.17, 15) is 0 Å². The van der Waals surface area contributed by atoms with E-state index in [0.717, 1.165) is 22.9 Å². The third-order valence-corrected chi connectivity index (χ3v) is 12.5. The number of imidazole rings is 1. The summed E-state index contributed by atoms with van der Waals surface area (Å²) < 4.78 is 2.36. The maximum atomic E-state index is 4.89. The number of rotatable bonds is 9. The van der Waals surface area contributed by atoms with Gasteiger partial charge in [-0.05, 0) is 33.6 Å². The van der Waals surface area contributed by atoms with Crippen molar-refractivity contribution in [1.82, 2.24) is 9.55 Å². The first kappa shape index (κ1) is 26.5. The van der Waals surface area contributed by atoms with Crippen LogP contribution in [-0.4, -0.2) is 24.9 Å². The van der Waals surface area contributed by atoms with E-state index < -0.39 is 8.07 Å². The van der Waals surface area contributed by atoms with E-state index in [1.807, 2.05) is 6.20 Å². The van der Waals surface area contributed by atoms with Gasteiger partial charge in [-0.3, -0.25) is 4.98 Å². The van der Waals surface area contributed by atoms with Crippen molar-refractivity contribution in [1.29, 1.82) is 0 Å². The summed E-state index contributed by atoms with van der Waals surface area (Å²) in [4.78, 5) is 4.89. The van der Waals surface area contributed by atoms with Crippen molar-refractivity contribution in [2.24, 2.45) is 0 Å². The molecule has 0 N–H and O–H groups in total. The average Bonchev–Trinajstić information content (AvgIpc) is 3.47. The molecule has 0 bridgehead atoms. The Bertz CT molecular complexity index is 1690. The lowest BCUT2D eigenvalue weighted by Gasteiger charge is -2.35. The second kappa shape index (κ2) is 12.2. The summed E-state index contributed by atoms with van der Waals surface area (Å²) >= 11 is 0. The number of hydrogen-bond acceptors (Lipinski definition) is 1. The second-order valence-corrected chi connectivity index (χ2v) is 14.3. The zero-order valence-electron chi connectivity index (χ0n) is 23.3. The van der Waals surface area contributed by atoms with Gasteiger partial charge in [0.1, 0.15) is 0 Å². The van der Waals surface area contributed by atoms with E-state index in [1.54, 1.807) is 0 Å². The van der Waals surface area contributed by atoms with Crippen LogP contribution in [0.25, 0.3) is 11.5 Å². The van der Waals surface area contributed by atoms with E-state index in [2.05, 4.69) is 177 Å². The molecule has 5 aromatic carbocycles. The SMILES string of the molecule is Cc1cccc([Si](Cn2ccnc2[B]C(=Cc2ccccc2)c2ccccc2)(c2ccccc2)c2ccccc2)c1. The summed E-state index contributed by atoms with van der Waals surface area (Å²) in [5.74, 6) is 0. The predicted molar refractivity (Wildman–Crippen MR) is 177 cm³/mol. The fraction of sp³-hybridized carbons (Fsp3) is 0.0541. The third kappa shape index (κ3) is 5.79. The monoisotopic (exact) mass is 543 g/mol. The quantitative estimate of drug-likeness (QED) is 0.135. The van der Waals surface area contributed by atoms with Gasteiger partial charge < -0.3 is 4.57 Å². The molecule has 4 heteroatoms. The van der Waals surface area contributed by atoms with Crippen LogP contribution < -0.4 is 21.3 Å². The zero-order valence-corrected chi connectivity index (χ0v) is 24.3. The Labute approximate surface area is 244 Å². The number of aryl methyl sites for hydroxylation is 1. The molecule has 0 saturated carbocycles. The summed E-state index contributed by atoms with van der Waals surface area (Å²) in [5, 5.41) is 4.18. The lowest BCUT2D eigenvalue weighted by atomic mass is 9.65. The minimum atomic E-state index is -2.51. The average molecular weight is 544 g/mol. The standard InChI is InChI=1S/C37H32BN2Si/c1-30-15-14-24-35(27-30)41(33-20-10-4-11-21-33,34-22-12-5-13-23-34)29-40-26-25-39-37(40)38-36(32-18-8-3-9-19-32)28-31-16-6-2-7-17-31/h2-28H,29H2,1H3. The lowest BCUT2D eigenvalue weighted by Crippen LogP contribution is -2.70. The smallest absolute Gasteiger partial charge is 0.241 e. The van der Waals surface area contributed by atoms with Crippen LogP contribution in [0.3, 0.4) is 0 Å². The molecule has 0 saturated heterocycles. The summed E-state index contributed by atoms with van der Waals surface area (Å²) in [7, 11) is -0.282. The minimum absolute atomic E-state index is 0.837. The summed E-state index contributed by atoms with van der Waals surface area (Å²) in [6.45, 7) is 2.19. The van der Waals surface area contributed by atoms with E-state index in [0.29, 0.717) is 0 Å². The minimum Gasteiger partial charge on any atom is -0.345 e. The highest BCUT2D eigenvalue weighted by atomic mass is 28.3. The number of aromatic nitrogens is 2. The fourth-order valence-corrected chi connectivity index (χ4v) is 10.4. The Morgan fingerprint density at radius 1 is 0.683 bits per heavy atom. The highest BCUT2D eigenvalue weighted by Gasteiger charge is 2.40. The van der Waals surface area contributed by atoms with Gasteiger partial charge in [0.25, 0.3) is 0 Å². The molecule has 0 aliphatic heterocycles. The maximum Gasteiger partial charge on any atom is 0.241 e. The molecule has 6 rings (SSSR count). The van der Waals surface area contributed by atoms with Crippen molar-refractivity contribution in [3.8, 4) is 0 Å². The van der Waals surface area contributed by atoms with Crippen molar-refractivity contribution in [3.05, 3.63) is 175 Å². The summed E-state index contributed by atoms with van der Waals surface area (Å²) in [6, 6.07) is 52.3. The first-order valence-electron chi connectivity index (χ1n) is 14.1. The second-order valence-electron chi connectivity index (χ2n) is 10.4. The van der Waals surface area contributed by atoms with Gasteiger partial charge in [0.2, 0.25) is 7.28 Å². The van der Waals surface area contributed by atoms with Crippen molar-refractivity contribution in [2.75, 3.05) is 0 Å². The highest BCUT2D eigenvalue weighted by Crippen LogP contribution is 2.18. The zero-order chi connectivity index (χ0) is 27.9. The largest absolute Gasteiger partial charge is 0.345 e. The molecule has 1 radical (unpaired) electrons. The lowest BCUT2D eigenvalue weighted by molar-refractivity contribution is 0.893. The molecule has 197 valence electrons. The summed E-state index contributed by atoms with van der Waals surface area (Å²) in [5.41, 5.74) is 5.69. The van der Waals surface area contributed by atoms with Crippen LogP contribution in [0.15, 0.2) is 158 Å². The molecule has 0 unspecified atom stereocenters. The molecule has 0 atom stereocenters. The van der Waals surface area contributed by atoms with Crippen LogP contribution in [0.1, 0.15) is 16.7 Å². The van der Waals surface area contributed by atoms with Crippen LogP contribution in [-0.2, 0) is 6.17 Å². The van der Waals surface area contributed by atoms with Crippen LogP contribution in [0.4, 0.5) is 0 Å². The van der Waals surface area contributed by atoms with Gasteiger partial charge in [-0.15, -0.1) is 0 Å². The molecule has 41 heavy (non-hydrogen) atoms. The molecule has 6 aromatic rings. The Hall–Kier alpha value is -4.67. The van der Waals surface area contributed by atoms with Gasteiger partial charge in [0.05, 0.1) is 5.72 Å². The Morgan fingerprint density at radius 2 is 1.24 bits per heavy atom. The molecule has 0 aliphatic carbocycles. The van der Waals surface area contributed by atoms with Crippen LogP contribution in [0, 0.1) is 6.92 Å². The van der Waals surface area contributed by atoms with Gasteiger partial charge in [0, 0.05) is 18.6 Å². The van der Waals surface area contributed by atoms with Gasteiger partial charge in [-0.1, -0.05) is 163 Å². The van der Waals surface area contributed by atoms with Gasteiger partial charge in [-0.25, -0.2) is 0 Å². The van der Waals surface area contributed by atoms with E-state index in [-0.39, 0.29) is 0 Å². The third-order valence-electron chi connectivity index (χ3n) is 7.71. The van der Waals surface area contributed by atoms with E-state index in [4.69, 9.17) is 4.98 Å².